The van der Waals surface area contributed by atoms with E-state index in [-0.39, 0.29) is 10.7 Å². The minimum atomic E-state index is -3.81. The molecule has 2 N–H and O–H groups in total. The summed E-state index contributed by atoms with van der Waals surface area (Å²) in [4.78, 5) is 0.0850. The number of rotatable bonds is 5. The molecule has 2 heterocycles. The summed E-state index contributed by atoms with van der Waals surface area (Å²) in [6.07, 6.45) is 2.41. The van der Waals surface area contributed by atoms with Crippen LogP contribution in [0.2, 0.25) is 5.02 Å². The lowest BCUT2D eigenvalue weighted by molar-refractivity contribution is 0.600. The number of benzene rings is 1. The fourth-order valence-corrected chi connectivity index (χ4v) is 4.42. The van der Waals surface area contributed by atoms with Crippen LogP contribution >= 0.6 is 11.6 Å². The van der Waals surface area contributed by atoms with E-state index in [0.29, 0.717) is 28.2 Å². The summed E-state index contributed by atoms with van der Waals surface area (Å²) in [5.41, 5.74) is 2.05. The molecule has 0 unspecified atom stereocenters. The Bertz CT molecular complexity index is 1070. The molecule has 1 aliphatic rings. The van der Waals surface area contributed by atoms with Gasteiger partial charge in [-0.05, 0) is 31.4 Å². The van der Waals surface area contributed by atoms with Crippen LogP contribution in [0.3, 0.4) is 0 Å². The molecule has 2 aromatic heterocycles. The van der Waals surface area contributed by atoms with Gasteiger partial charge in [-0.15, -0.1) is 0 Å². The van der Waals surface area contributed by atoms with E-state index >= 15 is 0 Å². The van der Waals surface area contributed by atoms with Crippen molar-refractivity contribution in [3.05, 3.63) is 52.9 Å². The number of para-hydroxylation sites is 1. The summed E-state index contributed by atoms with van der Waals surface area (Å²) in [7, 11) is -3.81. The van der Waals surface area contributed by atoms with Crippen LogP contribution in [0.15, 0.2) is 41.4 Å². The van der Waals surface area contributed by atoms with Gasteiger partial charge in [0.1, 0.15) is 4.90 Å². The molecule has 0 amide bonds. The highest BCUT2D eigenvalue weighted by molar-refractivity contribution is 7.92. The zero-order valence-corrected chi connectivity index (χ0v) is 15.8. The molecule has 2 atom stereocenters. The lowest BCUT2D eigenvalue weighted by Crippen LogP contribution is -2.14. The Balaban J connectivity index is 1.62. The van der Waals surface area contributed by atoms with E-state index in [9.17, 15) is 8.42 Å². The van der Waals surface area contributed by atoms with Crippen LogP contribution in [-0.4, -0.2) is 28.4 Å². The fourth-order valence-electron chi connectivity index (χ4n) is 3.05. The van der Waals surface area contributed by atoms with Crippen molar-refractivity contribution in [2.24, 2.45) is 5.92 Å². The zero-order valence-electron chi connectivity index (χ0n) is 14.3. The van der Waals surface area contributed by atoms with E-state index in [2.05, 4.69) is 26.9 Å². The summed E-state index contributed by atoms with van der Waals surface area (Å²) < 4.78 is 29.5. The molecule has 9 heteroatoms. The van der Waals surface area contributed by atoms with Gasteiger partial charge in [0.25, 0.3) is 10.0 Å². The van der Waals surface area contributed by atoms with E-state index in [1.54, 1.807) is 31.2 Å². The van der Waals surface area contributed by atoms with Crippen molar-refractivity contribution in [3.8, 4) is 5.69 Å². The van der Waals surface area contributed by atoms with Gasteiger partial charge in [-0.1, -0.05) is 30.7 Å². The number of halogens is 1. The molecule has 26 heavy (non-hydrogen) atoms. The first-order valence-corrected chi connectivity index (χ1v) is 10.1. The smallest absolute Gasteiger partial charge is 0.266 e. The maximum absolute atomic E-state index is 12.8. The van der Waals surface area contributed by atoms with Gasteiger partial charge < -0.3 is 0 Å². The third-order valence-electron chi connectivity index (χ3n) is 4.68. The van der Waals surface area contributed by atoms with Gasteiger partial charge in [-0.25, -0.2) is 13.1 Å². The molecule has 1 aromatic carbocycles. The molecule has 0 saturated heterocycles. The molecule has 0 radical (unpaired) electrons. The molecule has 0 bridgehead atoms. The molecule has 3 aromatic rings. The molecule has 136 valence electrons. The van der Waals surface area contributed by atoms with Crippen molar-refractivity contribution in [1.82, 2.24) is 20.0 Å². The summed E-state index contributed by atoms with van der Waals surface area (Å²) >= 11 is 6.19. The number of nitrogens with zero attached hydrogens (tertiary/aromatic N) is 3. The maximum atomic E-state index is 12.8. The van der Waals surface area contributed by atoms with Crippen LogP contribution in [0.4, 0.5) is 5.82 Å². The van der Waals surface area contributed by atoms with Crippen molar-refractivity contribution in [1.29, 1.82) is 0 Å². The third kappa shape index (κ3) is 2.99. The Hall–Kier alpha value is -2.32. The Morgan fingerprint density at radius 2 is 2.08 bits per heavy atom. The highest BCUT2D eigenvalue weighted by atomic mass is 35.5. The standard InChI is InChI=1S/C17H18ClN5O2S/c1-10-7-12(10)14-8-17(21-20-14)22-26(24,25)16-9-19-23(11(16)2)15-6-4-3-5-13(15)18/h3-6,8-10,12H,7H2,1-2H3,(H2,20,21,22)/t10-,12+/m0/s1. The average molecular weight is 392 g/mol. The molecule has 0 spiro atoms. The number of aromatic nitrogens is 4. The van der Waals surface area contributed by atoms with Crippen LogP contribution < -0.4 is 4.72 Å². The van der Waals surface area contributed by atoms with Crippen LogP contribution in [0.1, 0.15) is 30.7 Å². The fraction of sp³-hybridized carbons (Fsp3) is 0.294. The number of anilines is 1. The first kappa shape index (κ1) is 17.1. The summed E-state index contributed by atoms with van der Waals surface area (Å²) in [6, 6.07) is 8.88. The average Bonchev–Trinajstić information content (AvgIpc) is 2.97. The second-order valence-electron chi connectivity index (χ2n) is 6.59. The lowest BCUT2D eigenvalue weighted by atomic mass is 10.2. The van der Waals surface area contributed by atoms with Crippen molar-refractivity contribution in [3.63, 3.8) is 0 Å². The quantitative estimate of drug-likeness (QED) is 0.696. The predicted molar refractivity (Wildman–Crippen MR) is 99.2 cm³/mol. The third-order valence-corrected chi connectivity index (χ3v) is 6.46. The van der Waals surface area contributed by atoms with Crippen molar-refractivity contribution in [2.45, 2.75) is 31.1 Å². The molecular formula is C17H18ClN5O2S. The zero-order chi connectivity index (χ0) is 18.5. The van der Waals surface area contributed by atoms with E-state index < -0.39 is 10.0 Å². The van der Waals surface area contributed by atoms with Crippen LogP contribution in [-0.2, 0) is 10.0 Å². The largest absolute Gasteiger partial charge is 0.280 e. The van der Waals surface area contributed by atoms with Gasteiger partial charge in [-0.3, -0.25) is 9.82 Å². The number of nitrogens with one attached hydrogen (secondary N) is 2. The molecule has 1 saturated carbocycles. The molecule has 1 aliphatic carbocycles. The molecular weight excluding hydrogens is 374 g/mol. The molecule has 4 rings (SSSR count). The van der Waals surface area contributed by atoms with Gasteiger partial charge in [0.05, 0.1) is 22.6 Å². The second-order valence-corrected chi connectivity index (χ2v) is 8.65. The molecule has 1 fully saturated rings. The highest BCUT2D eigenvalue weighted by Gasteiger charge is 2.35. The van der Waals surface area contributed by atoms with E-state index in [1.165, 1.54) is 10.9 Å². The second kappa shape index (κ2) is 6.14. The van der Waals surface area contributed by atoms with E-state index in [1.807, 2.05) is 6.07 Å². The first-order valence-electron chi connectivity index (χ1n) is 8.24. The van der Waals surface area contributed by atoms with Gasteiger partial charge in [0.2, 0.25) is 0 Å². The Morgan fingerprint density at radius 1 is 1.35 bits per heavy atom. The van der Waals surface area contributed by atoms with Gasteiger partial charge in [-0.2, -0.15) is 10.2 Å². The summed E-state index contributed by atoms with van der Waals surface area (Å²) in [5.74, 6) is 1.32. The Labute approximate surface area is 156 Å². The van der Waals surface area contributed by atoms with Crippen molar-refractivity contribution in [2.75, 3.05) is 4.72 Å². The topological polar surface area (TPSA) is 92.7 Å². The first-order chi connectivity index (χ1) is 12.4. The Kier molecular flexibility index (Phi) is 4.04. The van der Waals surface area contributed by atoms with Crippen LogP contribution in [0.5, 0.6) is 0 Å². The van der Waals surface area contributed by atoms with Gasteiger partial charge in [0.15, 0.2) is 5.82 Å². The van der Waals surface area contributed by atoms with Gasteiger partial charge in [0, 0.05) is 17.7 Å². The highest BCUT2D eigenvalue weighted by Crippen LogP contribution is 2.46. The van der Waals surface area contributed by atoms with Crippen molar-refractivity contribution < 1.29 is 8.42 Å². The minimum absolute atomic E-state index is 0.0850. The van der Waals surface area contributed by atoms with E-state index in [4.69, 9.17) is 11.6 Å². The number of aromatic amines is 1. The number of sulfonamides is 1. The SMILES string of the molecule is Cc1c(S(=O)(=O)Nc2cc([C@@H]3C[C@@H]3C)[nH]n2)cnn1-c1ccccc1Cl. The maximum Gasteiger partial charge on any atom is 0.266 e. The minimum Gasteiger partial charge on any atom is -0.280 e. The number of hydrogen-bond donors (Lipinski definition) is 2. The summed E-state index contributed by atoms with van der Waals surface area (Å²) in [6.45, 7) is 3.84. The lowest BCUT2D eigenvalue weighted by Gasteiger charge is -2.08. The van der Waals surface area contributed by atoms with Crippen molar-refractivity contribution >= 4 is 27.4 Å². The predicted octanol–water partition coefficient (Wildman–Crippen LogP) is 3.48. The molecule has 0 aliphatic heterocycles. The van der Waals surface area contributed by atoms with Crippen LogP contribution in [0.25, 0.3) is 5.69 Å². The normalized spacial score (nSPS) is 19.5. The van der Waals surface area contributed by atoms with E-state index in [0.717, 1.165) is 12.1 Å². The monoisotopic (exact) mass is 391 g/mol. The number of H-pyrrole nitrogens is 1. The summed E-state index contributed by atoms with van der Waals surface area (Å²) in [5, 5.41) is 11.7. The van der Waals surface area contributed by atoms with Crippen LogP contribution in [0, 0.1) is 12.8 Å². The Morgan fingerprint density at radius 3 is 2.77 bits per heavy atom. The number of hydrogen-bond acceptors (Lipinski definition) is 4. The molecule has 7 nitrogen and oxygen atoms in total. The van der Waals surface area contributed by atoms with Gasteiger partial charge >= 0.3 is 0 Å².